The third-order valence-corrected chi connectivity index (χ3v) is 5.17. The highest BCUT2D eigenvalue weighted by Crippen LogP contribution is 2.33. The minimum absolute atomic E-state index is 0.329. The SMILES string of the molecule is c1ccc2c(N3CCN(Cc4ccc5c(c4)OCO5)CC3)nccc2c1. The highest BCUT2D eigenvalue weighted by Gasteiger charge is 2.20. The molecule has 2 aromatic carbocycles. The second-order valence-electron chi connectivity index (χ2n) is 6.81. The molecule has 0 atom stereocenters. The summed E-state index contributed by atoms with van der Waals surface area (Å²) in [5, 5.41) is 2.49. The molecule has 0 bridgehead atoms. The van der Waals surface area contributed by atoms with E-state index in [1.54, 1.807) is 0 Å². The van der Waals surface area contributed by atoms with E-state index in [0.717, 1.165) is 50.0 Å². The van der Waals surface area contributed by atoms with Gasteiger partial charge in [0.1, 0.15) is 5.82 Å². The fourth-order valence-electron chi connectivity index (χ4n) is 3.77. The highest BCUT2D eigenvalue weighted by molar-refractivity contribution is 5.92. The van der Waals surface area contributed by atoms with Crippen molar-refractivity contribution in [2.45, 2.75) is 6.54 Å². The van der Waals surface area contributed by atoms with Crippen LogP contribution in [0.25, 0.3) is 10.8 Å². The molecule has 3 aromatic rings. The smallest absolute Gasteiger partial charge is 0.231 e. The van der Waals surface area contributed by atoms with E-state index in [-0.39, 0.29) is 0 Å². The van der Waals surface area contributed by atoms with Crippen molar-refractivity contribution < 1.29 is 9.47 Å². The van der Waals surface area contributed by atoms with Crippen molar-refractivity contribution >= 4 is 16.6 Å². The summed E-state index contributed by atoms with van der Waals surface area (Å²) in [7, 11) is 0. The number of ether oxygens (including phenoxy) is 2. The molecule has 2 aliphatic heterocycles. The van der Waals surface area contributed by atoms with E-state index in [1.165, 1.54) is 16.3 Å². The molecule has 0 radical (unpaired) electrons. The number of benzene rings is 2. The van der Waals surface area contributed by atoms with Crippen molar-refractivity contribution in [2.24, 2.45) is 0 Å². The molecule has 0 aliphatic carbocycles. The van der Waals surface area contributed by atoms with Gasteiger partial charge in [0.25, 0.3) is 0 Å². The number of anilines is 1. The molecule has 1 aromatic heterocycles. The molecule has 5 nitrogen and oxygen atoms in total. The normalized spacial score (nSPS) is 17.0. The van der Waals surface area contributed by atoms with Crippen LogP contribution in [0, 0.1) is 0 Å². The largest absolute Gasteiger partial charge is 0.454 e. The van der Waals surface area contributed by atoms with Crippen LogP contribution in [0.5, 0.6) is 11.5 Å². The van der Waals surface area contributed by atoms with Crippen molar-refractivity contribution in [2.75, 3.05) is 37.9 Å². The average Bonchev–Trinajstić information content (AvgIpc) is 3.16. The predicted octanol–water partition coefficient (Wildman–Crippen LogP) is 3.29. The number of fused-ring (bicyclic) bond motifs is 2. The number of aromatic nitrogens is 1. The highest BCUT2D eigenvalue weighted by atomic mass is 16.7. The molecule has 26 heavy (non-hydrogen) atoms. The van der Waals surface area contributed by atoms with E-state index in [4.69, 9.17) is 9.47 Å². The maximum Gasteiger partial charge on any atom is 0.231 e. The molecule has 0 amide bonds. The molecule has 1 saturated heterocycles. The van der Waals surface area contributed by atoms with Gasteiger partial charge in [-0.15, -0.1) is 0 Å². The van der Waals surface area contributed by atoms with Crippen LogP contribution in [0.3, 0.4) is 0 Å². The van der Waals surface area contributed by atoms with E-state index in [1.807, 2.05) is 12.3 Å². The standard InChI is InChI=1S/C21H21N3O2/c1-2-4-18-17(3-1)7-8-22-21(18)24-11-9-23(10-12-24)14-16-5-6-19-20(13-16)26-15-25-19/h1-8,13H,9-12,14-15H2. The van der Waals surface area contributed by atoms with Crippen LogP contribution < -0.4 is 14.4 Å². The van der Waals surface area contributed by atoms with Crippen LogP contribution in [-0.2, 0) is 6.54 Å². The molecular formula is C21H21N3O2. The Hall–Kier alpha value is -2.79. The van der Waals surface area contributed by atoms with Gasteiger partial charge in [0, 0.05) is 44.3 Å². The lowest BCUT2D eigenvalue weighted by Crippen LogP contribution is -2.46. The summed E-state index contributed by atoms with van der Waals surface area (Å²) in [4.78, 5) is 9.54. The Labute approximate surface area is 152 Å². The lowest BCUT2D eigenvalue weighted by atomic mass is 10.1. The van der Waals surface area contributed by atoms with Gasteiger partial charge >= 0.3 is 0 Å². The summed E-state index contributed by atoms with van der Waals surface area (Å²) < 4.78 is 10.9. The summed E-state index contributed by atoms with van der Waals surface area (Å²) >= 11 is 0. The van der Waals surface area contributed by atoms with Crippen molar-refractivity contribution in [1.82, 2.24) is 9.88 Å². The molecule has 3 heterocycles. The average molecular weight is 347 g/mol. The van der Waals surface area contributed by atoms with E-state index in [9.17, 15) is 0 Å². The molecule has 2 aliphatic rings. The first kappa shape index (κ1) is 15.5. The van der Waals surface area contributed by atoms with Crippen LogP contribution in [0.4, 0.5) is 5.82 Å². The van der Waals surface area contributed by atoms with Crippen molar-refractivity contribution in [3.8, 4) is 11.5 Å². The van der Waals surface area contributed by atoms with Crippen molar-refractivity contribution in [3.63, 3.8) is 0 Å². The number of pyridine rings is 1. The van der Waals surface area contributed by atoms with Crippen LogP contribution >= 0.6 is 0 Å². The molecule has 0 saturated carbocycles. The summed E-state index contributed by atoms with van der Waals surface area (Å²) in [6.45, 7) is 5.30. The van der Waals surface area contributed by atoms with Gasteiger partial charge in [0.2, 0.25) is 6.79 Å². The lowest BCUT2D eigenvalue weighted by molar-refractivity contribution is 0.174. The number of hydrogen-bond acceptors (Lipinski definition) is 5. The monoisotopic (exact) mass is 347 g/mol. The topological polar surface area (TPSA) is 37.8 Å². The third kappa shape index (κ3) is 2.84. The maximum absolute atomic E-state index is 5.49. The van der Waals surface area contributed by atoms with Gasteiger partial charge in [-0.3, -0.25) is 4.90 Å². The third-order valence-electron chi connectivity index (χ3n) is 5.17. The van der Waals surface area contributed by atoms with E-state index < -0.39 is 0 Å². The van der Waals surface area contributed by atoms with Gasteiger partial charge in [-0.05, 0) is 29.1 Å². The van der Waals surface area contributed by atoms with Gasteiger partial charge in [-0.1, -0.05) is 30.3 Å². The quantitative estimate of drug-likeness (QED) is 0.727. The van der Waals surface area contributed by atoms with Gasteiger partial charge in [-0.25, -0.2) is 4.98 Å². The Bertz CT molecular complexity index is 930. The molecule has 0 N–H and O–H groups in total. The Morgan fingerprint density at radius 2 is 1.73 bits per heavy atom. The molecule has 0 spiro atoms. The van der Waals surface area contributed by atoms with Crippen LogP contribution in [-0.4, -0.2) is 42.9 Å². The molecular weight excluding hydrogens is 326 g/mol. The van der Waals surface area contributed by atoms with Gasteiger partial charge in [0.15, 0.2) is 11.5 Å². The van der Waals surface area contributed by atoms with Crippen LogP contribution in [0.2, 0.25) is 0 Å². The van der Waals surface area contributed by atoms with E-state index in [0.29, 0.717) is 6.79 Å². The molecule has 5 heteroatoms. The number of hydrogen-bond donors (Lipinski definition) is 0. The Morgan fingerprint density at radius 1 is 0.885 bits per heavy atom. The second kappa shape index (κ2) is 6.50. The van der Waals surface area contributed by atoms with E-state index >= 15 is 0 Å². The fourth-order valence-corrected chi connectivity index (χ4v) is 3.77. The summed E-state index contributed by atoms with van der Waals surface area (Å²) in [5.74, 6) is 2.81. The molecule has 0 unspecified atom stereocenters. The van der Waals surface area contributed by atoms with Crippen molar-refractivity contribution in [3.05, 3.63) is 60.3 Å². The summed E-state index contributed by atoms with van der Waals surface area (Å²) in [5.41, 5.74) is 1.27. The summed E-state index contributed by atoms with van der Waals surface area (Å²) in [6, 6.07) is 16.8. The Balaban J connectivity index is 1.27. The zero-order valence-electron chi connectivity index (χ0n) is 14.6. The maximum atomic E-state index is 5.49. The van der Waals surface area contributed by atoms with E-state index in [2.05, 4.69) is 57.2 Å². The lowest BCUT2D eigenvalue weighted by Gasteiger charge is -2.35. The first-order valence-electron chi connectivity index (χ1n) is 9.06. The van der Waals surface area contributed by atoms with Gasteiger partial charge in [0.05, 0.1) is 0 Å². The minimum atomic E-state index is 0.329. The predicted molar refractivity (Wildman–Crippen MR) is 102 cm³/mol. The van der Waals surface area contributed by atoms with Crippen LogP contribution in [0.1, 0.15) is 5.56 Å². The molecule has 132 valence electrons. The Morgan fingerprint density at radius 3 is 2.65 bits per heavy atom. The first-order chi connectivity index (χ1) is 12.9. The second-order valence-corrected chi connectivity index (χ2v) is 6.81. The zero-order valence-corrected chi connectivity index (χ0v) is 14.6. The fraction of sp³-hybridized carbons (Fsp3) is 0.286. The first-order valence-corrected chi connectivity index (χ1v) is 9.06. The van der Waals surface area contributed by atoms with Crippen LogP contribution in [0.15, 0.2) is 54.7 Å². The number of piperazine rings is 1. The zero-order chi connectivity index (χ0) is 17.3. The number of nitrogens with zero attached hydrogens (tertiary/aromatic N) is 3. The Kier molecular flexibility index (Phi) is 3.87. The van der Waals surface area contributed by atoms with Gasteiger partial charge in [-0.2, -0.15) is 0 Å². The summed E-state index contributed by atoms with van der Waals surface area (Å²) in [6.07, 6.45) is 1.91. The van der Waals surface area contributed by atoms with Crippen molar-refractivity contribution in [1.29, 1.82) is 0 Å². The van der Waals surface area contributed by atoms with Gasteiger partial charge < -0.3 is 14.4 Å². The number of rotatable bonds is 3. The molecule has 5 rings (SSSR count). The molecule has 1 fully saturated rings. The minimum Gasteiger partial charge on any atom is -0.454 e.